The minimum atomic E-state index is -1.50. The summed E-state index contributed by atoms with van der Waals surface area (Å²) in [5, 5.41) is 30.7. The van der Waals surface area contributed by atoms with Gasteiger partial charge in [0.25, 0.3) is 0 Å². The van der Waals surface area contributed by atoms with Crippen LogP contribution in [0, 0.1) is 61.3 Å². The maximum absolute atomic E-state index is 13.7. The largest absolute Gasteiger partial charge is 0.508 e. The first-order chi connectivity index (χ1) is 30.5. The average Bonchev–Trinajstić information content (AvgIpc) is 3.26. The minimum Gasteiger partial charge on any atom is -0.508 e. The van der Waals surface area contributed by atoms with Crippen molar-refractivity contribution in [2.45, 2.75) is 117 Å². The number of phenolic OH excluding ortho intramolecular Hbond substituents is 1. The second-order valence-corrected chi connectivity index (χ2v) is 15.1. The number of carbonyl (C=O) groups excluding carboxylic acids is 5. The molecule has 354 valence electrons. The highest BCUT2D eigenvalue weighted by Gasteiger charge is 2.37. The lowest BCUT2D eigenvalue weighted by Crippen LogP contribution is -2.32. The van der Waals surface area contributed by atoms with E-state index in [0.29, 0.717) is 45.4 Å². The topological polar surface area (TPSA) is 209 Å². The van der Waals surface area contributed by atoms with Crippen molar-refractivity contribution in [2.75, 3.05) is 14.2 Å². The lowest BCUT2D eigenvalue weighted by Gasteiger charge is -2.22. The third-order valence-corrected chi connectivity index (χ3v) is 11.3. The molecule has 3 N–H and O–H groups in total. The zero-order valence-corrected chi connectivity index (χ0v) is 42.1. The standard InChI is InChI=1S/C39H39BrO12.C7H12O2.2C2H6/c1-11-24-22(9)34(20(7)18(5)29(24)36(44)45)51-37(46)28-15(2)12-26(16(3)17(28)4)50-38(47)30-19(6)21(8)35(32(40)33(30)43)52-39(48)31-25(42)13-23(41)14-27(31)49-10;1-4-7(9-3)5-6(2)8;2*1-2/h12-14,31,41,43H,11H2,1-10H3,(H,44,45);5H,4H2,1-3H3;2*1-2H3/b;7-5+;;. The molecule has 3 aromatic rings. The van der Waals surface area contributed by atoms with Crippen LogP contribution < -0.4 is 14.2 Å². The molecule has 0 aliphatic heterocycles. The molecule has 1 aliphatic rings. The molecule has 0 fully saturated rings. The summed E-state index contributed by atoms with van der Waals surface area (Å²) in [5.41, 5.74) is 4.24. The van der Waals surface area contributed by atoms with E-state index < -0.39 is 41.3 Å². The molecule has 1 atom stereocenters. The van der Waals surface area contributed by atoms with Crippen LogP contribution in [0.2, 0.25) is 0 Å². The zero-order valence-electron chi connectivity index (χ0n) is 40.5. The molecule has 0 saturated heterocycles. The van der Waals surface area contributed by atoms with Crippen LogP contribution >= 0.6 is 15.9 Å². The molecule has 1 aliphatic carbocycles. The number of hydrogen-bond acceptors (Lipinski definition) is 13. The van der Waals surface area contributed by atoms with Crippen molar-refractivity contribution in [3.8, 4) is 23.0 Å². The van der Waals surface area contributed by atoms with Crippen LogP contribution in [-0.4, -0.2) is 65.0 Å². The maximum atomic E-state index is 13.7. The number of benzene rings is 3. The van der Waals surface area contributed by atoms with Crippen molar-refractivity contribution in [2.24, 2.45) is 5.92 Å². The second kappa shape index (κ2) is 25.3. The van der Waals surface area contributed by atoms with Crippen LogP contribution in [0.3, 0.4) is 0 Å². The summed E-state index contributed by atoms with van der Waals surface area (Å²) in [6.45, 7) is 26.4. The molecule has 1 unspecified atom stereocenters. The number of aliphatic hydroxyl groups is 1. The predicted molar refractivity (Wildman–Crippen MR) is 252 cm³/mol. The first kappa shape index (κ1) is 56.8. The van der Waals surface area contributed by atoms with E-state index in [1.807, 2.05) is 41.5 Å². The summed E-state index contributed by atoms with van der Waals surface area (Å²) < 4.78 is 27.0. The van der Waals surface area contributed by atoms with Crippen LogP contribution in [0.1, 0.15) is 136 Å². The van der Waals surface area contributed by atoms with E-state index in [1.165, 1.54) is 33.1 Å². The van der Waals surface area contributed by atoms with Crippen molar-refractivity contribution in [1.82, 2.24) is 0 Å². The Morgan fingerprint density at radius 1 is 0.708 bits per heavy atom. The summed E-state index contributed by atoms with van der Waals surface area (Å²) in [7, 11) is 2.80. The van der Waals surface area contributed by atoms with Gasteiger partial charge in [-0.1, -0.05) is 41.5 Å². The third kappa shape index (κ3) is 13.0. The number of methoxy groups -OCH3 is 2. The third-order valence-electron chi connectivity index (χ3n) is 10.5. The summed E-state index contributed by atoms with van der Waals surface area (Å²) in [4.78, 5) is 75.3. The van der Waals surface area contributed by atoms with Crippen LogP contribution in [-0.2, 0) is 30.3 Å². The fourth-order valence-electron chi connectivity index (χ4n) is 6.86. The Morgan fingerprint density at radius 2 is 1.23 bits per heavy atom. The van der Waals surface area contributed by atoms with E-state index in [2.05, 4.69) is 15.9 Å². The molecular formula is C50H63BrO14. The van der Waals surface area contributed by atoms with E-state index in [-0.39, 0.29) is 66.8 Å². The van der Waals surface area contributed by atoms with Crippen LogP contribution in [0.15, 0.2) is 46.0 Å². The fourth-order valence-corrected chi connectivity index (χ4v) is 7.44. The average molecular weight is 968 g/mol. The molecule has 0 aromatic heterocycles. The number of carbonyl (C=O) groups is 6. The number of aliphatic hydroxyl groups excluding tert-OH is 1. The second-order valence-electron chi connectivity index (χ2n) is 14.3. The number of rotatable bonds is 12. The number of carboxylic acids is 1. The summed E-state index contributed by atoms with van der Waals surface area (Å²) >= 11 is 3.21. The molecule has 0 heterocycles. The number of ether oxygens (including phenoxy) is 5. The van der Waals surface area contributed by atoms with E-state index in [9.17, 15) is 44.1 Å². The molecule has 0 radical (unpaired) electrons. The van der Waals surface area contributed by atoms with Crippen molar-refractivity contribution < 1.29 is 67.8 Å². The number of allylic oxidation sites excluding steroid dienone is 4. The summed E-state index contributed by atoms with van der Waals surface area (Å²) in [5.74, 6) is -6.03. The quantitative estimate of drug-likeness (QED) is 0.0507. The summed E-state index contributed by atoms with van der Waals surface area (Å²) in [6.07, 6.45) is 4.68. The molecular weight excluding hydrogens is 904 g/mol. The SMILES string of the molecule is CC.CC.CC/C(=C\C(C)=O)OC.CCc1c(C)c(OC(=O)c2c(C)cc(OC(=O)c3c(C)c(C)c(OC(=O)C4C(=O)C=C(O)C=C4OC)c(Br)c3O)c(C)c2C)c(C)c(C)c1C(=O)O. The number of halogens is 1. The number of phenols is 1. The molecule has 14 nitrogen and oxygen atoms in total. The highest BCUT2D eigenvalue weighted by atomic mass is 79.9. The van der Waals surface area contributed by atoms with Gasteiger partial charge < -0.3 is 39.0 Å². The number of hydrogen-bond donors (Lipinski definition) is 3. The Labute approximate surface area is 390 Å². The molecule has 65 heavy (non-hydrogen) atoms. The smallest absolute Gasteiger partial charge is 0.347 e. The van der Waals surface area contributed by atoms with Gasteiger partial charge in [0.05, 0.1) is 31.1 Å². The highest BCUT2D eigenvalue weighted by Crippen LogP contribution is 2.43. The Bertz CT molecular complexity index is 2400. The van der Waals surface area contributed by atoms with Gasteiger partial charge in [-0.25, -0.2) is 14.4 Å². The minimum absolute atomic E-state index is 0.0358. The van der Waals surface area contributed by atoms with Gasteiger partial charge in [-0.2, -0.15) is 0 Å². The number of ketones is 2. The van der Waals surface area contributed by atoms with Gasteiger partial charge in [0.2, 0.25) is 0 Å². The van der Waals surface area contributed by atoms with E-state index in [1.54, 1.807) is 55.6 Å². The highest BCUT2D eigenvalue weighted by molar-refractivity contribution is 9.10. The van der Waals surface area contributed by atoms with E-state index in [0.717, 1.165) is 24.3 Å². The van der Waals surface area contributed by atoms with Gasteiger partial charge in [-0.15, -0.1) is 0 Å². The summed E-state index contributed by atoms with van der Waals surface area (Å²) in [6, 6.07) is 1.51. The Hall–Kier alpha value is -6.22. The zero-order chi connectivity index (χ0) is 50.4. The lowest BCUT2D eigenvalue weighted by atomic mass is 9.90. The van der Waals surface area contributed by atoms with Crippen molar-refractivity contribution in [3.63, 3.8) is 0 Å². The number of esters is 3. The van der Waals surface area contributed by atoms with E-state index >= 15 is 0 Å². The van der Waals surface area contributed by atoms with Gasteiger partial charge in [0.1, 0.15) is 38.8 Å². The first-order valence-electron chi connectivity index (χ1n) is 21.1. The molecule has 0 saturated carbocycles. The Balaban J connectivity index is 0.00000143. The van der Waals surface area contributed by atoms with Crippen LogP contribution in [0.5, 0.6) is 23.0 Å². The van der Waals surface area contributed by atoms with Gasteiger partial charge in [-0.3, -0.25) is 14.4 Å². The van der Waals surface area contributed by atoms with Crippen molar-refractivity contribution in [1.29, 1.82) is 0 Å². The van der Waals surface area contributed by atoms with Gasteiger partial charge in [0.15, 0.2) is 23.2 Å². The monoisotopic (exact) mass is 966 g/mol. The Morgan fingerprint density at radius 3 is 1.71 bits per heavy atom. The van der Waals surface area contributed by atoms with E-state index in [4.69, 9.17) is 23.7 Å². The molecule has 0 bridgehead atoms. The van der Waals surface area contributed by atoms with Crippen LogP contribution in [0.4, 0.5) is 0 Å². The van der Waals surface area contributed by atoms with Gasteiger partial charge in [-0.05, 0) is 141 Å². The van der Waals surface area contributed by atoms with Gasteiger partial charge >= 0.3 is 23.9 Å². The molecule has 4 rings (SSSR count). The molecule has 0 amide bonds. The van der Waals surface area contributed by atoms with Gasteiger partial charge in [0, 0.05) is 24.6 Å². The number of carboxylic acid groups (broad SMARTS) is 1. The van der Waals surface area contributed by atoms with Crippen molar-refractivity contribution in [3.05, 3.63) is 113 Å². The molecule has 3 aromatic carbocycles. The molecule has 0 spiro atoms. The van der Waals surface area contributed by atoms with Crippen molar-refractivity contribution >= 4 is 51.4 Å². The number of aryl methyl sites for hydroxylation is 1. The number of aromatic hydroxyl groups is 1. The Kier molecular flexibility index (Phi) is 22.1. The van der Waals surface area contributed by atoms with Crippen LogP contribution in [0.25, 0.3) is 0 Å². The first-order valence-corrected chi connectivity index (χ1v) is 21.9. The number of aromatic carboxylic acids is 1. The normalized spacial score (nSPS) is 12.9. The lowest BCUT2D eigenvalue weighted by molar-refractivity contribution is -0.142. The maximum Gasteiger partial charge on any atom is 0.347 e. The fraction of sp³-hybridized carbons (Fsp3) is 0.400. The molecule has 15 heteroatoms. The predicted octanol–water partition coefficient (Wildman–Crippen LogP) is 11.0.